The monoisotopic (exact) mass is 361 g/mol. The molecule has 134 valence electrons. The fourth-order valence-corrected chi connectivity index (χ4v) is 3.62. The molecule has 0 N–H and O–H groups in total. The first kappa shape index (κ1) is 17.7. The fourth-order valence-electron chi connectivity index (χ4n) is 2.84. The zero-order valence-corrected chi connectivity index (χ0v) is 15.2. The standard InChI is InChI=1S/C17H23N5O2S/c1-24-15-8-6-14(7-9-15)12-22-17(18-19-20-22)25-13-16(23)21-10-4-2-3-5-11-21/h6-9H,2-5,10-13H2,1H3. The summed E-state index contributed by atoms with van der Waals surface area (Å²) in [6.45, 7) is 2.31. The third-order valence-electron chi connectivity index (χ3n) is 4.27. The molecule has 2 aromatic rings. The highest BCUT2D eigenvalue weighted by Gasteiger charge is 2.17. The van der Waals surface area contributed by atoms with Crippen molar-refractivity contribution in [2.45, 2.75) is 37.4 Å². The Morgan fingerprint density at radius 2 is 1.88 bits per heavy atom. The van der Waals surface area contributed by atoms with E-state index in [0.717, 1.165) is 37.2 Å². The van der Waals surface area contributed by atoms with Gasteiger partial charge in [0.15, 0.2) is 0 Å². The molecule has 7 nitrogen and oxygen atoms in total. The molecule has 2 heterocycles. The molecule has 0 aliphatic carbocycles. The van der Waals surface area contributed by atoms with Crippen LogP contribution in [0.25, 0.3) is 0 Å². The Balaban J connectivity index is 1.56. The molecule has 0 radical (unpaired) electrons. The second kappa shape index (κ2) is 8.84. The average Bonchev–Trinajstić information content (AvgIpc) is 2.90. The van der Waals surface area contributed by atoms with Crippen LogP contribution in [0.4, 0.5) is 0 Å². The molecule has 0 saturated carbocycles. The van der Waals surface area contributed by atoms with Gasteiger partial charge in [-0.3, -0.25) is 4.79 Å². The van der Waals surface area contributed by atoms with E-state index in [4.69, 9.17) is 4.74 Å². The number of ether oxygens (including phenoxy) is 1. The average molecular weight is 361 g/mol. The van der Waals surface area contributed by atoms with E-state index in [1.54, 1.807) is 11.8 Å². The highest BCUT2D eigenvalue weighted by molar-refractivity contribution is 7.99. The van der Waals surface area contributed by atoms with Gasteiger partial charge < -0.3 is 9.64 Å². The van der Waals surface area contributed by atoms with E-state index < -0.39 is 0 Å². The minimum absolute atomic E-state index is 0.172. The number of carbonyl (C=O) groups excluding carboxylic acids is 1. The predicted molar refractivity (Wildman–Crippen MR) is 95.7 cm³/mol. The van der Waals surface area contributed by atoms with Gasteiger partial charge in [-0.25, -0.2) is 4.68 Å². The molecule has 0 spiro atoms. The van der Waals surface area contributed by atoms with E-state index in [2.05, 4.69) is 15.5 Å². The van der Waals surface area contributed by atoms with Crippen LogP contribution in [0, 0.1) is 0 Å². The Morgan fingerprint density at radius 1 is 1.16 bits per heavy atom. The van der Waals surface area contributed by atoms with Crippen LogP contribution >= 0.6 is 11.8 Å². The molecule has 1 aliphatic heterocycles. The topological polar surface area (TPSA) is 73.1 Å². The molecular weight excluding hydrogens is 338 g/mol. The van der Waals surface area contributed by atoms with Crippen LogP contribution in [0.1, 0.15) is 31.2 Å². The van der Waals surface area contributed by atoms with E-state index in [1.807, 2.05) is 29.2 Å². The summed E-state index contributed by atoms with van der Waals surface area (Å²) in [6, 6.07) is 7.79. The number of benzene rings is 1. The summed E-state index contributed by atoms with van der Waals surface area (Å²) in [5.74, 6) is 1.37. The number of methoxy groups -OCH3 is 1. The van der Waals surface area contributed by atoms with Crippen LogP contribution < -0.4 is 4.74 Å². The molecule has 1 amide bonds. The van der Waals surface area contributed by atoms with Crippen molar-refractivity contribution >= 4 is 17.7 Å². The zero-order chi connectivity index (χ0) is 17.5. The molecule has 0 unspecified atom stereocenters. The smallest absolute Gasteiger partial charge is 0.233 e. The van der Waals surface area contributed by atoms with Crippen LogP contribution in [-0.2, 0) is 11.3 Å². The number of carbonyl (C=O) groups is 1. The van der Waals surface area contributed by atoms with Crippen LogP contribution in [0.3, 0.4) is 0 Å². The summed E-state index contributed by atoms with van der Waals surface area (Å²) in [6.07, 6.45) is 4.64. The van der Waals surface area contributed by atoms with Crippen molar-refractivity contribution < 1.29 is 9.53 Å². The molecule has 0 atom stereocenters. The number of nitrogens with zero attached hydrogens (tertiary/aromatic N) is 5. The SMILES string of the molecule is COc1ccc(Cn2nnnc2SCC(=O)N2CCCCCC2)cc1. The van der Waals surface area contributed by atoms with Crippen LogP contribution in [0.15, 0.2) is 29.4 Å². The minimum atomic E-state index is 0.172. The molecular formula is C17H23N5O2S. The number of hydrogen-bond acceptors (Lipinski definition) is 6. The van der Waals surface area contributed by atoms with Gasteiger partial charge in [0, 0.05) is 13.1 Å². The van der Waals surface area contributed by atoms with Gasteiger partial charge in [0.1, 0.15) is 5.75 Å². The maximum absolute atomic E-state index is 12.4. The Bertz CT molecular complexity index is 681. The Kier molecular flexibility index (Phi) is 6.27. The number of rotatable bonds is 6. The minimum Gasteiger partial charge on any atom is -0.497 e. The van der Waals surface area contributed by atoms with Crippen molar-refractivity contribution in [3.05, 3.63) is 29.8 Å². The lowest BCUT2D eigenvalue weighted by Crippen LogP contribution is -2.33. The third kappa shape index (κ3) is 4.94. The summed E-state index contributed by atoms with van der Waals surface area (Å²) in [7, 11) is 1.65. The number of amides is 1. The van der Waals surface area contributed by atoms with Gasteiger partial charge in [-0.1, -0.05) is 36.7 Å². The maximum atomic E-state index is 12.4. The molecule has 1 aliphatic rings. The molecule has 0 bridgehead atoms. The van der Waals surface area contributed by atoms with Gasteiger partial charge in [0.05, 0.1) is 19.4 Å². The molecule has 1 aromatic carbocycles. The largest absolute Gasteiger partial charge is 0.497 e. The van der Waals surface area contributed by atoms with Gasteiger partial charge in [-0.05, 0) is 41.0 Å². The first-order chi connectivity index (χ1) is 12.3. The van der Waals surface area contributed by atoms with Crippen molar-refractivity contribution in [3.63, 3.8) is 0 Å². The normalized spacial score (nSPS) is 15.0. The highest BCUT2D eigenvalue weighted by Crippen LogP contribution is 2.18. The predicted octanol–water partition coefficient (Wildman–Crippen LogP) is 2.22. The van der Waals surface area contributed by atoms with Crippen molar-refractivity contribution in [2.24, 2.45) is 0 Å². The molecule has 1 saturated heterocycles. The summed E-state index contributed by atoms with van der Waals surface area (Å²) in [5, 5.41) is 12.5. The van der Waals surface area contributed by atoms with E-state index >= 15 is 0 Å². The van der Waals surface area contributed by atoms with E-state index in [0.29, 0.717) is 17.5 Å². The van der Waals surface area contributed by atoms with Gasteiger partial charge in [0.25, 0.3) is 0 Å². The van der Waals surface area contributed by atoms with Gasteiger partial charge in [0.2, 0.25) is 11.1 Å². The Hall–Kier alpha value is -2.09. The number of hydrogen-bond donors (Lipinski definition) is 0. The first-order valence-electron chi connectivity index (χ1n) is 8.56. The molecule has 8 heteroatoms. The van der Waals surface area contributed by atoms with Crippen molar-refractivity contribution in [1.82, 2.24) is 25.1 Å². The van der Waals surface area contributed by atoms with Crippen LogP contribution in [0.5, 0.6) is 5.75 Å². The third-order valence-corrected chi connectivity index (χ3v) is 5.22. The molecule has 1 aromatic heterocycles. The van der Waals surface area contributed by atoms with Crippen LogP contribution in [0.2, 0.25) is 0 Å². The Morgan fingerprint density at radius 3 is 2.56 bits per heavy atom. The quantitative estimate of drug-likeness (QED) is 0.735. The van der Waals surface area contributed by atoms with E-state index in [1.165, 1.54) is 24.6 Å². The zero-order valence-electron chi connectivity index (χ0n) is 14.4. The van der Waals surface area contributed by atoms with Crippen LogP contribution in [-0.4, -0.2) is 57.0 Å². The number of tetrazole rings is 1. The molecule has 25 heavy (non-hydrogen) atoms. The highest BCUT2D eigenvalue weighted by atomic mass is 32.2. The second-order valence-electron chi connectivity index (χ2n) is 6.05. The van der Waals surface area contributed by atoms with Crippen molar-refractivity contribution in [1.29, 1.82) is 0 Å². The van der Waals surface area contributed by atoms with Gasteiger partial charge >= 0.3 is 0 Å². The Labute approximate surface area is 151 Å². The summed E-state index contributed by atoms with van der Waals surface area (Å²) in [5.41, 5.74) is 1.08. The first-order valence-corrected chi connectivity index (χ1v) is 9.54. The molecule has 1 fully saturated rings. The fraction of sp³-hybridized carbons (Fsp3) is 0.529. The lowest BCUT2D eigenvalue weighted by Gasteiger charge is -2.19. The molecule has 3 rings (SSSR count). The number of aromatic nitrogens is 4. The summed E-state index contributed by atoms with van der Waals surface area (Å²) in [4.78, 5) is 14.4. The van der Waals surface area contributed by atoms with E-state index in [9.17, 15) is 4.79 Å². The van der Waals surface area contributed by atoms with Crippen molar-refractivity contribution in [3.8, 4) is 5.75 Å². The van der Waals surface area contributed by atoms with E-state index in [-0.39, 0.29) is 5.91 Å². The van der Waals surface area contributed by atoms with Gasteiger partial charge in [-0.2, -0.15) is 0 Å². The lowest BCUT2D eigenvalue weighted by molar-refractivity contribution is -0.128. The van der Waals surface area contributed by atoms with Gasteiger partial charge in [-0.15, -0.1) is 5.10 Å². The summed E-state index contributed by atoms with van der Waals surface area (Å²) < 4.78 is 6.89. The number of thioether (sulfide) groups is 1. The van der Waals surface area contributed by atoms with Crippen molar-refractivity contribution in [2.75, 3.05) is 26.0 Å². The maximum Gasteiger partial charge on any atom is 0.233 e. The lowest BCUT2D eigenvalue weighted by atomic mass is 10.2. The number of likely N-dealkylation sites (tertiary alicyclic amines) is 1. The second-order valence-corrected chi connectivity index (χ2v) is 6.99. The summed E-state index contributed by atoms with van der Waals surface area (Å²) >= 11 is 1.40.